The number of allylic oxidation sites excluding steroid dienone is 6. The standard InChI is InChI=1S/C22H16BrN3/c23-19-14-8-13-18(15-19)22-25-20(16-9-4-1-2-5-10-16)24-21(26-22)17-11-6-3-7-12-17/h1,3-15H,2H2. The van der Waals surface area contributed by atoms with Gasteiger partial charge in [-0.1, -0.05) is 88.8 Å². The quantitative estimate of drug-likeness (QED) is 0.550. The molecule has 0 saturated heterocycles. The monoisotopic (exact) mass is 401 g/mol. The van der Waals surface area contributed by atoms with Crippen molar-refractivity contribution >= 4 is 21.5 Å². The molecule has 126 valence electrons. The van der Waals surface area contributed by atoms with Crippen LogP contribution in [0.5, 0.6) is 0 Å². The summed E-state index contributed by atoms with van der Waals surface area (Å²) in [5.74, 6) is 2.02. The summed E-state index contributed by atoms with van der Waals surface area (Å²) in [5, 5.41) is 0. The Labute approximate surface area is 161 Å². The van der Waals surface area contributed by atoms with Crippen LogP contribution in [0.15, 0.2) is 89.5 Å². The van der Waals surface area contributed by atoms with Crippen LogP contribution in [0.2, 0.25) is 0 Å². The topological polar surface area (TPSA) is 38.7 Å². The molecule has 2 aromatic carbocycles. The van der Waals surface area contributed by atoms with E-state index in [1.807, 2.05) is 66.7 Å². The number of halogens is 1. The summed E-state index contributed by atoms with van der Waals surface area (Å²) in [5.41, 5.74) is 2.91. The molecule has 0 bridgehead atoms. The predicted octanol–water partition coefficient (Wildman–Crippen LogP) is 5.87. The van der Waals surface area contributed by atoms with E-state index in [1.165, 1.54) is 0 Å². The summed E-state index contributed by atoms with van der Waals surface area (Å²) in [4.78, 5) is 14.2. The van der Waals surface area contributed by atoms with Crippen molar-refractivity contribution in [3.8, 4) is 22.8 Å². The van der Waals surface area contributed by atoms with Crippen molar-refractivity contribution in [1.29, 1.82) is 0 Å². The first-order valence-electron chi connectivity index (χ1n) is 8.41. The largest absolute Gasteiger partial charge is 0.208 e. The zero-order valence-electron chi connectivity index (χ0n) is 14.0. The van der Waals surface area contributed by atoms with Crippen LogP contribution in [0.1, 0.15) is 12.2 Å². The van der Waals surface area contributed by atoms with Crippen LogP contribution >= 0.6 is 15.9 Å². The summed E-state index contributed by atoms with van der Waals surface area (Å²) in [7, 11) is 0. The van der Waals surface area contributed by atoms with Crippen LogP contribution in [0.3, 0.4) is 0 Å². The summed E-state index contributed by atoms with van der Waals surface area (Å²) < 4.78 is 0.995. The number of benzene rings is 2. The van der Waals surface area contributed by atoms with E-state index in [4.69, 9.17) is 15.0 Å². The van der Waals surface area contributed by atoms with E-state index >= 15 is 0 Å². The Morgan fingerprint density at radius 2 is 1.46 bits per heavy atom. The Morgan fingerprint density at radius 3 is 2.27 bits per heavy atom. The van der Waals surface area contributed by atoms with Crippen molar-refractivity contribution in [3.05, 3.63) is 95.3 Å². The van der Waals surface area contributed by atoms with E-state index in [-0.39, 0.29) is 0 Å². The van der Waals surface area contributed by atoms with E-state index in [1.54, 1.807) is 0 Å². The average molecular weight is 402 g/mol. The maximum absolute atomic E-state index is 4.74. The Kier molecular flexibility index (Phi) is 4.84. The Bertz CT molecular complexity index is 1020. The van der Waals surface area contributed by atoms with Crippen LogP contribution in [0.25, 0.3) is 28.3 Å². The van der Waals surface area contributed by atoms with E-state index in [0.717, 1.165) is 27.6 Å². The number of hydrogen-bond donors (Lipinski definition) is 0. The fraction of sp³-hybridized carbons (Fsp3) is 0.0455. The minimum absolute atomic E-state index is 0.665. The van der Waals surface area contributed by atoms with Crippen molar-refractivity contribution in [1.82, 2.24) is 15.0 Å². The van der Waals surface area contributed by atoms with Gasteiger partial charge >= 0.3 is 0 Å². The van der Waals surface area contributed by atoms with Gasteiger partial charge in [0, 0.05) is 21.2 Å². The summed E-state index contributed by atoms with van der Waals surface area (Å²) in [6.07, 6.45) is 11.3. The highest BCUT2D eigenvalue weighted by molar-refractivity contribution is 9.10. The second-order valence-corrected chi connectivity index (χ2v) is 6.79. The molecule has 0 atom stereocenters. The van der Waals surface area contributed by atoms with Crippen molar-refractivity contribution in [2.45, 2.75) is 6.42 Å². The van der Waals surface area contributed by atoms with E-state index in [9.17, 15) is 0 Å². The number of aromatic nitrogens is 3. The third kappa shape index (κ3) is 3.70. The Morgan fingerprint density at radius 1 is 0.731 bits per heavy atom. The molecule has 0 fully saturated rings. The van der Waals surface area contributed by atoms with Gasteiger partial charge in [-0.2, -0.15) is 0 Å². The van der Waals surface area contributed by atoms with Gasteiger partial charge in [-0.05, 0) is 18.6 Å². The van der Waals surface area contributed by atoms with Crippen LogP contribution < -0.4 is 0 Å². The fourth-order valence-electron chi connectivity index (χ4n) is 2.71. The van der Waals surface area contributed by atoms with Crippen molar-refractivity contribution in [2.75, 3.05) is 0 Å². The summed E-state index contributed by atoms with van der Waals surface area (Å²) in [6.45, 7) is 0. The van der Waals surface area contributed by atoms with E-state index < -0.39 is 0 Å². The molecule has 26 heavy (non-hydrogen) atoms. The highest BCUT2D eigenvalue weighted by Crippen LogP contribution is 2.25. The van der Waals surface area contributed by atoms with Crippen molar-refractivity contribution in [2.24, 2.45) is 0 Å². The summed E-state index contributed by atoms with van der Waals surface area (Å²) >= 11 is 3.53. The molecule has 0 spiro atoms. The van der Waals surface area contributed by atoms with Crippen LogP contribution in [0, 0.1) is 0 Å². The molecule has 0 unspecified atom stereocenters. The smallest absolute Gasteiger partial charge is 0.164 e. The predicted molar refractivity (Wildman–Crippen MR) is 109 cm³/mol. The molecule has 4 rings (SSSR count). The number of hydrogen-bond acceptors (Lipinski definition) is 3. The third-order valence-corrected chi connectivity index (χ3v) is 4.48. The molecule has 1 aliphatic carbocycles. The molecule has 0 radical (unpaired) electrons. The number of rotatable bonds is 3. The second-order valence-electron chi connectivity index (χ2n) is 5.87. The minimum Gasteiger partial charge on any atom is -0.208 e. The number of nitrogens with zero attached hydrogens (tertiary/aromatic N) is 3. The highest BCUT2D eigenvalue weighted by Gasteiger charge is 2.12. The molecular formula is C22H16BrN3. The lowest BCUT2D eigenvalue weighted by atomic mass is 10.1. The molecule has 0 N–H and O–H groups in total. The lowest BCUT2D eigenvalue weighted by Gasteiger charge is -2.08. The Hall–Kier alpha value is -2.85. The third-order valence-electron chi connectivity index (χ3n) is 3.99. The molecule has 1 heterocycles. The van der Waals surface area contributed by atoms with Crippen molar-refractivity contribution in [3.63, 3.8) is 0 Å². The van der Waals surface area contributed by atoms with Gasteiger partial charge in [0.05, 0.1) is 0 Å². The zero-order chi connectivity index (χ0) is 17.8. The molecule has 1 aliphatic rings. The zero-order valence-corrected chi connectivity index (χ0v) is 15.6. The fourth-order valence-corrected chi connectivity index (χ4v) is 3.11. The Balaban J connectivity index is 1.90. The van der Waals surface area contributed by atoms with Gasteiger partial charge in [0.1, 0.15) is 0 Å². The molecule has 4 heteroatoms. The maximum Gasteiger partial charge on any atom is 0.164 e. The van der Waals surface area contributed by atoms with E-state index in [2.05, 4.69) is 34.2 Å². The van der Waals surface area contributed by atoms with Crippen LogP contribution in [-0.2, 0) is 0 Å². The normalized spacial score (nSPS) is 13.3. The van der Waals surface area contributed by atoms with Gasteiger partial charge in [0.25, 0.3) is 0 Å². The lowest BCUT2D eigenvalue weighted by Crippen LogP contribution is -2.02. The first-order valence-corrected chi connectivity index (χ1v) is 9.20. The second kappa shape index (κ2) is 7.58. The van der Waals surface area contributed by atoms with Gasteiger partial charge in [0.15, 0.2) is 17.5 Å². The SMILES string of the molecule is Brc1cccc(-c2nc(C3=CC=CCC=C3)nc(-c3ccccc3)n2)c1. The summed E-state index contributed by atoms with van der Waals surface area (Å²) in [6, 6.07) is 18.0. The first kappa shape index (κ1) is 16.6. The molecule has 3 aromatic rings. The average Bonchev–Trinajstić information content (AvgIpc) is 2.98. The van der Waals surface area contributed by atoms with Crippen LogP contribution in [0.4, 0.5) is 0 Å². The maximum atomic E-state index is 4.74. The lowest BCUT2D eigenvalue weighted by molar-refractivity contribution is 1.04. The van der Waals surface area contributed by atoms with Gasteiger partial charge < -0.3 is 0 Å². The first-order chi connectivity index (χ1) is 12.8. The van der Waals surface area contributed by atoms with Gasteiger partial charge in [-0.15, -0.1) is 0 Å². The van der Waals surface area contributed by atoms with Gasteiger partial charge in [-0.25, -0.2) is 15.0 Å². The van der Waals surface area contributed by atoms with Crippen LogP contribution in [-0.4, -0.2) is 15.0 Å². The molecular weight excluding hydrogens is 386 g/mol. The molecule has 0 aliphatic heterocycles. The van der Waals surface area contributed by atoms with Gasteiger partial charge in [0.2, 0.25) is 0 Å². The minimum atomic E-state index is 0.665. The molecule has 0 saturated carbocycles. The van der Waals surface area contributed by atoms with Gasteiger partial charge in [-0.3, -0.25) is 0 Å². The molecule has 0 amide bonds. The molecule has 3 nitrogen and oxygen atoms in total. The molecule has 1 aromatic heterocycles. The van der Waals surface area contributed by atoms with Crippen molar-refractivity contribution < 1.29 is 0 Å². The van der Waals surface area contributed by atoms with E-state index in [0.29, 0.717) is 17.5 Å². The highest BCUT2D eigenvalue weighted by atomic mass is 79.9.